The highest BCUT2D eigenvalue weighted by molar-refractivity contribution is 5.92. The van der Waals surface area contributed by atoms with Gasteiger partial charge in [-0.1, -0.05) is 0 Å². The number of urea groups is 1. The zero-order valence-corrected chi connectivity index (χ0v) is 11.8. The Labute approximate surface area is 117 Å². The van der Waals surface area contributed by atoms with Gasteiger partial charge in [0.05, 0.1) is 6.42 Å². The van der Waals surface area contributed by atoms with Crippen molar-refractivity contribution >= 4 is 17.7 Å². The summed E-state index contributed by atoms with van der Waals surface area (Å²) in [5.41, 5.74) is -0.311. The van der Waals surface area contributed by atoms with Crippen LogP contribution in [0.5, 0.6) is 0 Å². The van der Waals surface area contributed by atoms with Gasteiger partial charge in [-0.3, -0.25) is 9.69 Å². The van der Waals surface area contributed by atoms with Crippen LogP contribution in [0.3, 0.4) is 0 Å². The first-order valence-corrected chi connectivity index (χ1v) is 6.32. The minimum atomic E-state index is -0.986. The van der Waals surface area contributed by atoms with Crippen molar-refractivity contribution in [3.8, 4) is 0 Å². The summed E-state index contributed by atoms with van der Waals surface area (Å²) in [7, 11) is 0. The molecule has 20 heavy (non-hydrogen) atoms. The summed E-state index contributed by atoms with van der Waals surface area (Å²) in [6.07, 6.45) is -0.181. The average Bonchev–Trinajstić information content (AvgIpc) is 2.29. The van der Waals surface area contributed by atoms with Gasteiger partial charge in [-0.2, -0.15) is 0 Å². The highest BCUT2D eigenvalue weighted by Gasteiger charge is 2.26. The van der Waals surface area contributed by atoms with Gasteiger partial charge in [0.1, 0.15) is 5.82 Å². The Balaban J connectivity index is 2.82. The number of rotatable bonds is 5. The van der Waals surface area contributed by atoms with Crippen LogP contribution in [-0.4, -0.2) is 29.2 Å². The topological polar surface area (TPSA) is 69.6 Å². The summed E-state index contributed by atoms with van der Waals surface area (Å²) in [6, 6.07) is 5.14. The molecule has 2 amide bonds. The molecule has 0 aromatic heterocycles. The van der Waals surface area contributed by atoms with E-state index in [-0.39, 0.29) is 12.2 Å². The standard InChI is InChI=1S/C14H19FN2O3/c1-4-17(11-7-5-10(15)6-8-11)13(20)16-14(2,3)9-12(18)19/h5-8H,4,9H2,1-3H3,(H,16,20)(H,18,19). The Morgan fingerprint density at radius 2 is 1.85 bits per heavy atom. The minimum Gasteiger partial charge on any atom is -0.481 e. The molecule has 0 bridgehead atoms. The highest BCUT2D eigenvalue weighted by atomic mass is 19.1. The average molecular weight is 282 g/mol. The molecule has 0 aliphatic rings. The summed E-state index contributed by atoms with van der Waals surface area (Å²) in [6.45, 7) is 5.45. The molecule has 5 nitrogen and oxygen atoms in total. The molecule has 0 fully saturated rings. The molecule has 6 heteroatoms. The van der Waals surface area contributed by atoms with Crippen LogP contribution in [0, 0.1) is 5.82 Å². The lowest BCUT2D eigenvalue weighted by atomic mass is 10.0. The summed E-state index contributed by atoms with van der Waals surface area (Å²) < 4.78 is 12.9. The molecule has 0 spiro atoms. The Hall–Kier alpha value is -2.11. The van der Waals surface area contributed by atoms with E-state index in [0.717, 1.165) is 0 Å². The maximum atomic E-state index is 12.9. The maximum absolute atomic E-state index is 12.9. The third-order valence-electron chi connectivity index (χ3n) is 2.74. The number of halogens is 1. The first-order valence-electron chi connectivity index (χ1n) is 6.32. The second kappa shape index (κ2) is 6.36. The molecule has 0 aliphatic heterocycles. The van der Waals surface area contributed by atoms with E-state index in [9.17, 15) is 14.0 Å². The predicted molar refractivity (Wildman–Crippen MR) is 74.3 cm³/mol. The van der Waals surface area contributed by atoms with Gasteiger partial charge in [0, 0.05) is 17.8 Å². The molecular formula is C14H19FN2O3. The number of anilines is 1. The molecule has 0 unspecified atom stereocenters. The van der Waals surface area contributed by atoms with E-state index in [0.29, 0.717) is 12.2 Å². The first kappa shape index (κ1) is 15.9. The number of carbonyl (C=O) groups excluding carboxylic acids is 1. The molecule has 0 heterocycles. The number of hydrogen-bond acceptors (Lipinski definition) is 2. The van der Waals surface area contributed by atoms with Gasteiger partial charge in [-0.15, -0.1) is 0 Å². The second-order valence-electron chi connectivity index (χ2n) is 5.11. The van der Waals surface area contributed by atoms with Crippen LogP contribution in [-0.2, 0) is 4.79 Å². The summed E-state index contributed by atoms with van der Waals surface area (Å²) in [4.78, 5) is 24.3. The van der Waals surface area contributed by atoms with Crippen LogP contribution in [0.4, 0.5) is 14.9 Å². The van der Waals surface area contributed by atoms with Crippen molar-refractivity contribution in [3.63, 3.8) is 0 Å². The van der Waals surface area contributed by atoms with Crippen LogP contribution in [0.2, 0.25) is 0 Å². The summed E-state index contributed by atoms with van der Waals surface area (Å²) in [5.74, 6) is -1.36. The zero-order valence-electron chi connectivity index (χ0n) is 11.8. The fourth-order valence-corrected chi connectivity index (χ4v) is 1.84. The van der Waals surface area contributed by atoms with Crippen molar-refractivity contribution in [3.05, 3.63) is 30.1 Å². The van der Waals surface area contributed by atoms with Gasteiger partial charge < -0.3 is 10.4 Å². The Morgan fingerprint density at radius 3 is 2.30 bits per heavy atom. The minimum absolute atomic E-state index is 0.181. The Bertz CT molecular complexity index is 486. The number of hydrogen-bond donors (Lipinski definition) is 2. The lowest BCUT2D eigenvalue weighted by Crippen LogP contribution is -2.51. The van der Waals surface area contributed by atoms with Crippen LogP contribution in [0.1, 0.15) is 27.2 Å². The van der Waals surface area contributed by atoms with E-state index in [1.165, 1.54) is 29.2 Å². The van der Waals surface area contributed by atoms with Gasteiger partial charge in [0.15, 0.2) is 0 Å². The Morgan fingerprint density at radius 1 is 1.30 bits per heavy atom. The molecule has 1 aromatic carbocycles. The van der Waals surface area contributed by atoms with Crippen molar-refractivity contribution in [2.75, 3.05) is 11.4 Å². The fraction of sp³-hybridized carbons (Fsp3) is 0.429. The normalized spacial score (nSPS) is 11.0. The van der Waals surface area contributed by atoms with Crippen molar-refractivity contribution in [1.82, 2.24) is 5.32 Å². The zero-order chi connectivity index (χ0) is 15.3. The van der Waals surface area contributed by atoms with Crippen LogP contribution in [0.15, 0.2) is 24.3 Å². The highest BCUT2D eigenvalue weighted by Crippen LogP contribution is 2.16. The quantitative estimate of drug-likeness (QED) is 0.872. The van der Waals surface area contributed by atoms with Crippen molar-refractivity contribution in [2.45, 2.75) is 32.7 Å². The molecule has 0 radical (unpaired) electrons. The van der Waals surface area contributed by atoms with E-state index < -0.39 is 17.5 Å². The number of carboxylic acid groups (broad SMARTS) is 1. The fourth-order valence-electron chi connectivity index (χ4n) is 1.84. The molecule has 2 N–H and O–H groups in total. The van der Waals surface area contributed by atoms with Crippen LogP contribution < -0.4 is 10.2 Å². The van der Waals surface area contributed by atoms with Gasteiger partial charge >= 0.3 is 12.0 Å². The third kappa shape index (κ3) is 4.53. The van der Waals surface area contributed by atoms with Crippen LogP contribution in [0.25, 0.3) is 0 Å². The lowest BCUT2D eigenvalue weighted by molar-refractivity contribution is -0.138. The number of nitrogens with zero attached hydrogens (tertiary/aromatic N) is 1. The maximum Gasteiger partial charge on any atom is 0.322 e. The number of nitrogens with one attached hydrogen (secondary N) is 1. The second-order valence-corrected chi connectivity index (χ2v) is 5.11. The van der Waals surface area contributed by atoms with Crippen molar-refractivity contribution < 1.29 is 19.1 Å². The predicted octanol–water partition coefficient (Wildman–Crippen LogP) is 2.61. The summed E-state index contributed by atoms with van der Waals surface area (Å²) in [5, 5.41) is 11.5. The number of carboxylic acids is 1. The number of benzene rings is 1. The SMILES string of the molecule is CCN(C(=O)NC(C)(C)CC(=O)O)c1ccc(F)cc1. The van der Waals surface area contributed by atoms with E-state index >= 15 is 0 Å². The van der Waals surface area contributed by atoms with Gasteiger partial charge in [-0.05, 0) is 45.0 Å². The van der Waals surface area contributed by atoms with Gasteiger partial charge in [-0.25, -0.2) is 9.18 Å². The van der Waals surface area contributed by atoms with Crippen molar-refractivity contribution in [1.29, 1.82) is 0 Å². The largest absolute Gasteiger partial charge is 0.481 e. The molecule has 0 saturated carbocycles. The molecule has 0 saturated heterocycles. The molecular weight excluding hydrogens is 263 g/mol. The Kier molecular flexibility index (Phi) is 5.07. The van der Waals surface area contributed by atoms with Gasteiger partial charge in [0.2, 0.25) is 0 Å². The monoisotopic (exact) mass is 282 g/mol. The number of carbonyl (C=O) groups is 2. The van der Waals surface area contributed by atoms with E-state index in [4.69, 9.17) is 5.11 Å². The molecule has 1 rings (SSSR count). The third-order valence-corrected chi connectivity index (χ3v) is 2.74. The first-order chi connectivity index (χ1) is 9.25. The van der Waals surface area contributed by atoms with E-state index in [2.05, 4.69) is 5.32 Å². The number of aliphatic carboxylic acids is 1. The van der Waals surface area contributed by atoms with Crippen molar-refractivity contribution in [2.24, 2.45) is 0 Å². The van der Waals surface area contributed by atoms with Crippen LogP contribution >= 0.6 is 0 Å². The smallest absolute Gasteiger partial charge is 0.322 e. The molecule has 0 atom stereocenters. The molecule has 110 valence electrons. The van der Waals surface area contributed by atoms with E-state index in [1.54, 1.807) is 20.8 Å². The van der Waals surface area contributed by atoms with E-state index in [1.807, 2.05) is 0 Å². The van der Waals surface area contributed by atoms with Gasteiger partial charge in [0.25, 0.3) is 0 Å². The molecule has 0 aliphatic carbocycles. The lowest BCUT2D eigenvalue weighted by Gasteiger charge is -2.29. The molecule has 1 aromatic rings. The number of amides is 2. The summed E-state index contributed by atoms with van der Waals surface area (Å²) >= 11 is 0.